The van der Waals surface area contributed by atoms with E-state index >= 15 is 0 Å². The number of nitrogens with two attached hydrogens (primary N) is 1. The van der Waals surface area contributed by atoms with Crippen LogP contribution in [0, 0.1) is 16.7 Å². The topological polar surface area (TPSA) is 84.7 Å². The molecule has 1 aromatic rings. The van der Waals surface area contributed by atoms with E-state index < -0.39 is 5.91 Å². The van der Waals surface area contributed by atoms with Crippen LogP contribution in [0.15, 0.2) is 12.4 Å². The van der Waals surface area contributed by atoms with Crippen molar-refractivity contribution >= 4 is 5.91 Å². The minimum Gasteiger partial charge on any atom is -0.366 e. The summed E-state index contributed by atoms with van der Waals surface area (Å²) < 4.78 is 1.62. The molecular weight excluding hydrogens is 192 g/mol. The Labute approximate surface area is 88.5 Å². The molecule has 2 N–H and O–H groups in total. The third kappa shape index (κ3) is 3.09. The summed E-state index contributed by atoms with van der Waals surface area (Å²) in [6, 6.07) is 2.21. The molecule has 0 unspecified atom stereocenters. The second-order valence-corrected chi connectivity index (χ2v) is 4.10. The number of primary amides is 1. The van der Waals surface area contributed by atoms with Crippen molar-refractivity contribution in [3.8, 4) is 6.07 Å². The highest BCUT2D eigenvalue weighted by Crippen LogP contribution is 2.19. The Kier molecular flexibility index (Phi) is 3.10. The fourth-order valence-corrected chi connectivity index (χ4v) is 1.06. The summed E-state index contributed by atoms with van der Waals surface area (Å²) in [6.07, 6.45) is 3.71. The molecule has 0 fully saturated rings. The maximum absolute atomic E-state index is 10.8. The third-order valence-corrected chi connectivity index (χ3v) is 2.19. The van der Waals surface area contributed by atoms with Gasteiger partial charge in [-0.25, -0.2) is 0 Å². The van der Waals surface area contributed by atoms with Gasteiger partial charge in [-0.1, -0.05) is 0 Å². The van der Waals surface area contributed by atoms with Crippen molar-refractivity contribution in [2.24, 2.45) is 11.1 Å². The average Bonchev–Trinajstić information content (AvgIpc) is 2.63. The van der Waals surface area contributed by atoms with Gasteiger partial charge in [-0.3, -0.25) is 9.48 Å². The van der Waals surface area contributed by atoms with Crippen LogP contribution in [-0.2, 0) is 6.54 Å². The number of aromatic nitrogens is 2. The predicted molar refractivity (Wildman–Crippen MR) is 54.8 cm³/mol. The largest absolute Gasteiger partial charge is 0.366 e. The number of nitriles is 1. The van der Waals surface area contributed by atoms with Crippen LogP contribution in [0.25, 0.3) is 0 Å². The molecule has 0 aromatic carbocycles. The van der Waals surface area contributed by atoms with Crippen LogP contribution in [0.3, 0.4) is 0 Å². The summed E-state index contributed by atoms with van der Waals surface area (Å²) >= 11 is 0. The molecule has 80 valence electrons. The SMILES string of the molecule is CC(C)(C#N)CCn1cc(C(N)=O)cn1. The molecule has 0 spiro atoms. The highest BCUT2D eigenvalue weighted by atomic mass is 16.1. The minimum absolute atomic E-state index is 0.376. The molecule has 0 radical (unpaired) electrons. The summed E-state index contributed by atoms with van der Waals surface area (Å²) in [6.45, 7) is 4.34. The first-order valence-corrected chi connectivity index (χ1v) is 4.68. The highest BCUT2D eigenvalue weighted by Gasteiger charge is 2.16. The molecule has 1 rings (SSSR count). The molecule has 0 aliphatic rings. The van der Waals surface area contributed by atoms with E-state index in [0.717, 1.165) is 0 Å². The maximum Gasteiger partial charge on any atom is 0.251 e. The monoisotopic (exact) mass is 206 g/mol. The lowest BCUT2D eigenvalue weighted by atomic mass is 9.92. The minimum atomic E-state index is -0.485. The van der Waals surface area contributed by atoms with Crippen molar-refractivity contribution in [3.63, 3.8) is 0 Å². The first kappa shape index (κ1) is 11.2. The van der Waals surface area contributed by atoms with E-state index in [-0.39, 0.29) is 5.41 Å². The number of carbonyl (C=O) groups excluding carboxylic acids is 1. The van der Waals surface area contributed by atoms with Gasteiger partial charge in [0.25, 0.3) is 5.91 Å². The molecule has 5 nitrogen and oxygen atoms in total. The molecule has 1 heterocycles. The lowest BCUT2D eigenvalue weighted by molar-refractivity contribution is 0.1000. The Morgan fingerprint density at radius 1 is 1.73 bits per heavy atom. The van der Waals surface area contributed by atoms with Gasteiger partial charge < -0.3 is 5.73 Å². The van der Waals surface area contributed by atoms with Gasteiger partial charge in [0.15, 0.2) is 0 Å². The number of aryl methyl sites for hydroxylation is 1. The fourth-order valence-electron chi connectivity index (χ4n) is 1.06. The smallest absolute Gasteiger partial charge is 0.251 e. The van der Waals surface area contributed by atoms with Crippen LogP contribution in [0.4, 0.5) is 0 Å². The molecule has 0 atom stereocenters. The van der Waals surface area contributed by atoms with Crippen molar-refractivity contribution in [2.45, 2.75) is 26.8 Å². The zero-order valence-corrected chi connectivity index (χ0v) is 8.90. The molecule has 0 saturated heterocycles. The lowest BCUT2D eigenvalue weighted by Gasteiger charge is -2.14. The van der Waals surface area contributed by atoms with Crippen LogP contribution in [-0.4, -0.2) is 15.7 Å². The molecule has 0 aliphatic carbocycles. The highest BCUT2D eigenvalue weighted by molar-refractivity contribution is 5.92. The maximum atomic E-state index is 10.8. The van der Waals surface area contributed by atoms with Gasteiger partial charge in [-0.2, -0.15) is 10.4 Å². The number of rotatable bonds is 4. The lowest BCUT2D eigenvalue weighted by Crippen LogP contribution is -2.13. The summed E-state index contributed by atoms with van der Waals surface area (Å²) in [4.78, 5) is 10.8. The molecule has 1 aromatic heterocycles. The Bertz CT molecular complexity index is 400. The van der Waals surface area contributed by atoms with Crippen LogP contribution in [0.5, 0.6) is 0 Å². The summed E-state index contributed by atoms with van der Waals surface area (Å²) in [5.74, 6) is -0.485. The van der Waals surface area contributed by atoms with Gasteiger partial charge in [-0.15, -0.1) is 0 Å². The van der Waals surface area contributed by atoms with Crippen molar-refractivity contribution in [3.05, 3.63) is 18.0 Å². The standard InChI is InChI=1S/C10H14N4O/c1-10(2,7-11)3-4-14-6-8(5-13-14)9(12)15/h5-6H,3-4H2,1-2H3,(H2,12,15). The fraction of sp³-hybridized carbons (Fsp3) is 0.500. The van der Waals surface area contributed by atoms with E-state index in [4.69, 9.17) is 11.0 Å². The van der Waals surface area contributed by atoms with Gasteiger partial charge >= 0.3 is 0 Å². The zero-order valence-electron chi connectivity index (χ0n) is 8.90. The summed E-state index contributed by atoms with van der Waals surface area (Å²) in [5, 5.41) is 12.8. The first-order chi connectivity index (χ1) is 6.94. The van der Waals surface area contributed by atoms with Crippen LogP contribution < -0.4 is 5.73 Å². The Hall–Kier alpha value is -1.83. The van der Waals surface area contributed by atoms with Crippen molar-refractivity contribution < 1.29 is 4.79 Å². The van der Waals surface area contributed by atoms with Crippen molar-refractivity contribution in [1.29, 1.82) is 5.26 Å². The van der Waals surface area contributed by atoms with Crippen LogP contribution in [0.1, 0.15) is 30.6 Å². The molecule has 0 aliphatic heterocycles. The van der Waals surface area contributed by atoms with Crippen LogP contribution >= 0.6 is 0 Å². The normalized spacial score (nSPS) is 11.0. The first-order valence-electron chi connectivity index (χ1n) is 4.68. The van der Waals surface area contributed by atoms with Gasteiger partial charge in [0, 0.05) is 12.7 Å². The van der Waals surface area contributed by atoms with E-state index in [1.54, 1.807) is 10.9 Å². The number of nitrogens with zero attached hydrogens (tertiary/aromatic N) is 3. The van der Waals surface area contributed by atoms with Gasteiger partial charge in [0.1, 0.15) is 0 Å². The second-order valence-electron chi connectivity index (χ2n) is 4.10. The van der Waals surface area contributed by atoms with Gasteiger partial charge in [0.2, 0.25) is 0 Å². The Morgan fingerprint density at radius 2 is 2.40 bits per heavy atom. The van der Waals surface area contributed by atoms with Crippen molar-refractivity contribution in [1.82, 2.24) is 9.78 Å². The molecule has 5 heteroatoms. The number of amides is 1. The third-order valence-electron chi connectivity index (χ3n) is 2.19. The van der Waals surface area contributed by atoms with Gasteiger partial charge in [0.05, 0.1) is 23.2 Å². The van der Waals surface area contributed by atoms with E-state index in [1.807, 2.05) is 13.8 Å². The second kappa shape index (κ2) is 4.13. The van der Waals surface area contributed by atoms with Crippen LogP contribution in [0.2, 0.25) is 0 Å². The van der Waals surface area contributed by atoms with Gasteiger partial charge in [-0.05, 0) is 20.3 Å². The molecular formula is C10H14N4O. The molecule has 0 saturated carbocycles. The zero-order chi connectivity index (χ0) is 11.5. The summed E-state index contributed by atoms with van der Waals surface area (Å²) in [7, 11) is 0. The Morgan fingerprint density at radius 3 is 2.87 bits per heavy atom. The Balaban J connectivity index is 2.60. The van der Waals surface area contributed by atoms with E-state index in [0.29, 0.717) is 18.5 Å². The predicted octanol–water partition coefficient (Wildman–Crippen LogP) is 0.922. The summed E-state index contributed by atoms with van der Waals surface area (Å²) in [5.41, 5.74) is 5.11. The van der Waals surface area contributed by atoms with E-state index in [1.165, 1.54) is 6.20 Å². The molecule has 0 bridgehead atoms. The van der Waals surface area contributed by atoms with E-state index in [9.17, 15) is 4.79 Å². The number of hydrogen-bond acceptors (Lipinski definition) is 3. The average molecular weight is 206 g/mol. The number of carbonyl (C=O) groups is 1. The quantitative estimate of drug-likeness (QED) is 0.794. The number of hydrogen-bond donors (Lipinski definition) is 1. The van der Waals surface area contributed by atoms with E-state index in [2.05, 4.69) is 11.2 Å². The molecule has 15 heavy (non-hydrogen) atoms. The van der Waals surface area contributed by atoms with Crippen molar-refractivity contribution in [2.75, 3.05) is 0 Å². The molecule has 1 amide bonds.